The van der Waals surface area contributed by atoms with Gasteiger partial charge in [-0.15, -0.1) is 0 Å². The van der Waals surface area contributed by atoms with E-state index in [2.05, 4.69) is 39.8 Å². The Morgan fingerprint density at radius 3 is 2.03 bits per heavy atom. The lowest BCUT2D eigenvalue weighted by Gasteiger charge is -2.46. The summed E-state index contributed by atoms with van der Waals surface area (Å²) in [7, 11) is 3.41. The molecule has 0 atom stereocenters. The monoisotopic (exact) mass is 433 g/mol. The Hall–Kier alpha value is -1.51. The van der Waals surface area contributed by atoms with Gasteiger partial charge in [-0.25, -0.2) is 5.06 Å². The van der Waals surface area contributed by atoms with Crippen LogP contribution in [0.1, 0.15) is 54.9 Å². The summed E-state index contributed by atoms with van der Waals surface area (Å²) in [6.45, 7) is 11.6. The molecule has 1 amide bonds. The number of aryl methyl sites for hydroxylation is 3. The third-order valence-corrected chi connectivity index (χ3v) is 6.86. The van der Waals surface area contributed by atoms with Crippen LogP contribution < -0.4 is 0 Å². The SMILES string of the molecule is CON1CCC(ON(C(=O)Cc2c(C)cc(C)cc2C)C2(C)CCN(OC)CC2)CC1. The highest BCUT2D eigenvalue weighted by atomic mass is 16.7. The van der Waals surface area contributed by atoms with Gasteiger partial charge in [0, 0.05) is 26.2 Å². The topological polar surface area (TPSA) is 54.5 Å². The van der Waals surface area contributed by atoms with Crippen LogP contribution in [-0.2, 0) is 25.7 Å². The third kappa shape index (κ3) is 5.84. The van der Waals surface area contributed by atoms with Gasteiger partial charge in [-0.1, -0.05) is 17.7 Å². The molecule has 3 rings (SSSR count). The number of carbonyl (C=O) groups is 1. The van der Waals surface area contributed by atoms with E-state index in [1.54, 1.807) is 19.3 Å². The Kier molecular flexibility index (Phi) is 8.10. The Morgan fingerprint density at radius 2 is 1.52 bits per heavy atom. The molecule has 31 heavy (non-hydrogen) atoms. The van der Waals surface area contributed by atoms with Crippen molar-refractivity contribution in [1.82, 2.24) is 15.2 Å². The smallest absolute Gasteiger partial charge is 0.251 e. The highest BCUT2D eigenvalue weighted by Crippen LogP contribution is 2.32. The molecule has 0 radical (unpaired) electrons. The first-order valence-corrected chi connectivity index (χ1v) is 11.4. The second-order valence-corrected chi connectivity index (χ2v) is 9.27. The molecule has 2 aliphatic heterocycles. The quantitative estimate of drug-likeness (QED) is 0.615. The molecule has 0 aromatic heterocycles. The van der Waals surface area contributed by atoms with Crippen LogP contribution in [0.3, 0.4) is 0 Å². The van der Waals surface area contributed by atoms with E-state index in [1.807, 2.05) is 10.1 Å². The van der Waals surface area contributed by atoms with Gasteiger partial charge < -0.3 is 9.68 Å². The summed E-state index contributed by atoms with van der Waals surface area (Å²) in [5.74, 6) is 0.0394. The van der Waals surface area contributed by atoms with Crippen LogP contribution in [0.2, 0.25) is 0 Å². The van der Waals surface area contributed by atoms with Gasteiger partial charge in [0.15, 0.2) is 0 Å². The van der Waals surface area contributed by atoms with Gasteiger partial charge in [0.25, 0.3) is 5.91 Å². The van der Waals surface area contributed by atoms with Crippen LogP contribution in [0.15, 0.2) is 12.1 Å². The van der Waals surface area contributed by atoms with Crippen LogP contribution in [0.4, 0.5) is 0 Å². The van der Waals surface area contributed by atoms with Gasteiger partial charge in [0.2, 0.25) is 0 Å². The zero-order valence-corrected chi connectivity index (χ0v) is 20.1. The summed E-state index contributed by atoms with van der Waals surface area (Å²) in [5, 5.41) is 5.63. The molecule has 0 N–H and O–H groups in total. The van der Waals surface area contributed by atoms with Gasteiger partial charge in [0.1, 0.15) is 0 Å². The van der Waals surface area contributed by atoms with E-state index in [1.165, 1.54) is 16.7 Å². The number of hydrogen-bond acceptors (Lipinski definition) is 6. The summed E-state index contributed by atoms with van der Waals surface area (Å²) < 4.78 is 0. The minimum Gasteiger partial charge on any atom is -0.302 e. The highest BCUT2D eigenvalue weighted by molar-refractivity contribution is 5.79. The molecule has 2 fully saturated rings. The summed E-state index contributed by atoms with van der Waals surface area (Å²) >= 11 is 0. The minimum atomic E-state index is -0.350. The Bertz CT molecular complexity index is 730. The van der Waals surface area contributed by atoms with E-state index < -0.39 is 0 Å². The normalized spacial score (nSPS) is 20.7. The molecule has 7 nitrogen and oxygen atoms in total. The third-order valence-electron chi connectivity index (χ3n) is 6.86. The van der Waals surface area contributed by atoms with E-state index in [0.717, 1.165) is 57.4 Å². The van der Waals surface area contributed by atoms with Gasteiger partial charge in [-0.3, -0.25) is 9.63 Å². The number of hydrogen-bond donors (Lipinski definition) is 0. The van der Waals surface area contributed by atoms with E-state index in [9.17, 15) is 4.79 Å². The molecule has 174 valence electrons. The molecule has 0 saturated carbocycles. The van der Waals surface area contributed by atoms with Crippen molar-refractivity contribution in [3.8, 4) is 0 Å². The first kappa shape index (κ1) is 24.1. The molecule has 1 aromatic rings. The molecule has 2 heterocycles. The van der Waals surface area contributed by atoms with Crippen LogP contribution in [-0.4, -0.2) is 73.1 Å². The number of carbonyl (C=O) groups excluding carboxylic acids is 1. The number of nitrogens with zero attached hydrogens (tertiary/aromatic N) is 3. The fraction of sp³-hybridized carbons (Fsp3) is 0.708. The predicted octanol–water partition coefficient (Wildman–Crippen LogP) is 3.36. The van der Waals surface area contributed by atoms with Gasteiger partial charge in [0.05, 0.1) is 32.3 Å². The summed E-state index contributed by atoms with van der Waals surface area (Å²) in [6.07, 6.45) is 3.71. The van der Waals surface area contributed by atoms with Crippen molar-refractivity contribution in [1.29, 1.82) is 0 Å². The minimum absolute atomic E-state index is 0.0211. The highest BCUT2D eigenvalue weighted by Gasteiger charge is 2.41. The first-order chi connectivity index (χ1) is 14.8. The fourth-order valence-electron chi connectivity index (χ4n) is 4.82. The lowest BCUT2D eigenvalue weighted by atomic mass is 9.89. The standard InChI is InChI=1S/C24H39N3O4/c1-18-15-19(2)22(20(3)16-18)17-23(28)27(24(4)9-13-26(30-6)14-10-24)31-21-7-11-25(29-5)12-8-21/h15-16,21H,7-14,17H2,1-6H3. The maximum Gasteiger partial charge on any atom is 0.251 e. The number of amides is 1. The van der Waals surface area contributed by atoms with Crippen molar-refractivity contribution < 1.29 is 19.3 Å². The lowest BCUT2D eigenvalue weighted by molar-refractivity contribution is -0.271. The second kappa shape index (κ2) is 10.4. The van der Waals surface area contributed by atoms with E-state index >= 15 is 0 Å². The molecule has 1 aromatic carbocycles. The lowest BCUT2D eigenvalue weighted by Crippen LogP contribution is -2.57. The van der Waals surface area contributed by atoms with E-state index in [4.69, 9.17) is 14.5 Å². The van der Waals surface area contributed by atoms with Gasteiger partial charge in [-0.2, -0.15) is 10.1 Å². The Morgan fingerprint density at radius 1 is 1.00 bits per heavy atom. The molecule has 2 aliphatic rings. The average Bonchev–Trinajstić information content (AvgIpc) is 2.75. The zero-order chi connectivity index (χ0) is 22.6. The van der Waals surface area contributed by atoms with Crippen molar-refractivity contribution in [2.45, 2.75) is 71.4 Å². The number of rotatable bonds is 7. The molecule has 0 spiro atoms. The van der Waals surface area contributed by atoms with Crippen molar-refractivity contribution >= 4 is 5.91 Å². The molecule has 0 unspecified atom stereocenters. The maximum absolute atomic E-state index is 13.7. The molecule has 0 aliphatic carbocycles. The van der Waals surface area contributed by atoms with Crippen LogP contribution in [0, 0.1) is 20.8 Å². The van der Waals surface area contributed by atoms with Crippen LogP contribution in [0.5, 0.6) is 0 Å². The van der Waals surface area contributed by atoms with Crippen molar-refractivity contribution in [3.05, 3.63) is 34.4 Å². The largest absolute Gasteiger partial charge is 0.302 e. The number of benzene rings is 1. The summed E-state index contributed by atoms with van der Waals surface area (Å²) in [6, 6.07) is 4.31. The predicted molar refractivity (Wildman–Crippen MR) is 120 cm³/mol. The van der Waals surface area contributed by atoms with Crippen LogP contribution in [0.25, 0.3) is 0 Å². The molecule has 7 heteroatoms. The average molecular weight is 434 g/mol. The zero-order valence-electron chi connectivity index (χ0n) is 20.1. The van der Waals surface area contributed by atoms with E-state index in [-0.39, 0.29) is 17.6 Å². The van der Waals surface area contributed by atoms with Crippen LogP contribution >= 0.6 is 0 Å². The molecule has 2 saturated heterocycles. The number of hydroxylamine groups is 6. The van der Waals surface area contributed by atoms with Crippen molar-refractivity contribution in [3.63, 3.8) is 0 Å². The molecule has 0 bridgehead atoms. The molecular weight excluding hydrogens is 394 g/mol. The summed E-state index contributed by atoms with van der Waals surface area (Å²) in [5.41, 5.74) is 4.31. The Labute approximate surface area is 187 Å². The van der Waals surface area contributed by atoms with Crippen molar-refractivity contribution in [2.75, 3.05) is 40.4 Å². The summed E-state index contributed by atoms with van der Waals surface area (Å²) in [4.78, 5) is 30.9. The fourth-order valence-corrected chi connectivity index (χ4v) is 4.82. The molecular formula is C24H39N3O4. The number of piperidine rings is 2. The van der Waals surface area contributed by atoms with Gasteiger partial charge >= 0.3 is 0 Å². The second-order valence-electron chi connectivity index (χ2n) is 9.27. The van der Waals surface area contributed by atoms with Crippen molar-refractivity contribution in [2.24, 2.45) is 0 Å². The maximum atomic E-state index is 13.7. The van der Waals surface area contributed by atoms with E-state index in [0.29, 0.717) is 6.42 Å². The van der Waals surface area contributed by atoms with Gasteiger partial charge in [-0.05, 0) is 70.1 Å². The first-order valence-electron chi connectivity index (χ1n) is 11.4. The Balaban J connectivity index is 1.79.